The first-order valence-electron chi connectivity index (χ1n) is 23.9. The van der Waals surface area contributed by atoms with Crippen molar-refractivity contribution in [3.05, 3.63) is 60.8 Å². The van der Waals surface area contributed by atoms with E-state index in [4.69, 9.17) is 18.9 Å². The number of aliphatic hydroxyl groups is 3. The Labute approximate surface area is 375 Å². The first-order chi connectivity index (χ1) is 30.0. The minimum absolute atomic E-state index is 0.0673. The van der Waals surface area contributed by atoms with E-state index in [2.05, 4.69) is 19.9 Å². The van der Waals surface area contributed by atoms with Crippen LogP contribution in [-0.4, -0.2) is 96.0 Å². The Balaban J connectivity index is 2.40. The van der Waals surface area contributed by atoms with Gasteiger partial charge in [0.05, 0.1) is 6.61 Å². The van der Waals surface area contributed by atoms with Crippen LogP contribution in [0.3, 0.4) is 0 Å². The van der Waals surface area contributed by atoms with Gasteiger partial charge in [-0.3, -0.25) is 14.1 Å². The van der Waals surface area contributed by atoms with E-state index in [1.807, 2.05) is 54.7 Å². The molecule has 0 aromatic heterocycles. The molecule has 1 rings (SSSR count). The average Bonchev–Trinajstić information content (AvgIpc) is 3.24. The van der Waals surface area contributed by atoms with Crippen molar-refractivity contribution in [3.63, 3.8) is 0 Å². The van der Waals surface area contributed by atoms with Crippen LogP contribution < -0.4 is 0 Å². The van der Waals surface area contributed by atoms with Crippen LogP contribution in [0.25, 0.3) is 0 Å². The molecular formula is C49H84O12S. The number of esters is 2. The summed E-state index contributed by atoms with van der Waals surface area (Å²) in [5.74, 6) is -2.08. The van der Waals surface area contributed by atoms with Crippen LogP contribution in [0.4, 0.5) is 0 Å². The highest BCUT2D eigenvalue weighted by molar-refractivity contribution is 7.85. The molecule has 1 fully saturated rings. The second-order valence-corrected chi connectivity index (χ2v) is 18.0. The molecule has 1 aliphatic rings. The highest BCUT2D eigenvalue weighted by atomic mass is 32.2. The largest absolute Gasteiger partial charge is 0.462 e. The fourth-order valence-corrected chi connectivity index (χ4v) is 7.75. The molecule has 62 heavy (non-hydrogen) atoms. The molecule has 0 saturated carbocycles. The number of unbranched alkanes of at least 4 members (excludes halogenated alkanes) is 21. The molecule has 0 spiro atoms. The third-order valence-corrected chi connectivity index (χ3v) is 11.5. The molecule has 1 saturated heterocycles. The van der Waals surface area contributed by atoms with Gasteiger partial charge in [0.2, 0.25) is 0 Å². The molecule has 6 atom stereocenters. The molecule has 1 heterocycles. The lowest BCUT2D eigenvalue weighted by molar-refractivity contribution is -0.297. The van der Waals surface area contributed by atoms with Crippen LogP contribution in [0.15, 0.2) is 60.8 Å². The van der Waals surface area contributed by atoms with Crippen molar-refractivity contribution in [3.8, 4) is 0 Å². The van der Waals surface area contributed by atoms with E-state index in [1.165, 1.54) is 109 Å². The summed E-state index contributed by atoms with van der Waals surface area (Å²) in [7, 11) is -4.61. The summed E-state index contributed by atoms with van der Waals surface area (Å²) in [6.07, 6.45) is 38.6. The Morgan fingerprint density at radius 3 is 1.50 bits per heavy atom. The average molecular weight is 897 g/mol. The number of carbonyl (C=O) groups is 2. The normalized spacial score (nSPS) is 20.4. The summed E-state index contributed by atoms with van der Waals surface area (Å²) < 4.78 is 54.0. The molecule has 3 unspecified atom stereocenters. The van der Waals surface area contributed by atoms with Crippen LogP contribution in [-0.2, 0) is 38.7 Å². The zero-order chi connectivity index (χ0) is 45.5. The Morgan fingerprint density at radius 1 is 0.565 bits per heavy atom. The number of hydrogen-bond donors (Lipinski definition) is 4. The summed E-state index contributed by atoms with van der Waals surface area (Å²) in [5.41, 5.74) is 0. The molecule has 0 amide bonds. The van der Waals surface area contributed by atoms with E-state index >= 15 is 0 Å². The van der Waals surface area contributed by atoms with E-state index < -0.39 is 71.2 Å². The monoisotopic (exact) mass is 897 g/mol. The number of ether oxygens (including phenoxy) is 4. The molecule has 13 heteroatoms. The highest BCUT2D eigenvalue weighted by Crippen LogP contribution is 2.24. The topological polar surface area (TPSA) is 186 Å². The molecular weight excluding hydrogens is 813 g/mol. The van der Waals surface area contributed by atoms with Crippen LogP contribution in [0.1, 0.15) is 181 Å². The van der Waals surface area contributed by atoms with Gasteiger partial charge in [-0.05, 0) is 25.7 Å². The van der Waals surface area contributed by atoms with Gasteiger partial charge in [0.15, 0.2) is 12.4 Å². The van der Waals surface area contributed by atoms with Gasteiger partial charge >= 0.3 is 11.9 Å². The highest BCUT2D eigenvalue weighted by Gasteiger charge is 2.46. The molecule has 0 bridgehead atoms. The van der Waals surface area contributed by atoms with E-state index in [1.54, 1.807) is 0 Å². The second kappa shape index (κ2) is 38.8. The predicted octanol–water partition coefficient (Wildman–Crippen LogP) is 10.1. The Kier molecular flexibility index (Phi) is 35.9. The summed E-state index contributed by atoms with van der Waals surface area (Å²) >= 11 is 0. The third kappa shape index (κ3) is 32.9. The minimum Gasteiger partial charge on any atom is -0.462 e. The van der Waals surface area contributed by atoms with E-state index in [0.29, 0.717) is 19.3 Å². The van der Waals surface area contributed by atoms with Crippen molar-refractivity contribution in [2.75, 3.05) is 19.0 Å². The Hall–Kier alpha value is -2.65. The van der Waals surface area contributed by atoms with Gasteiger partial charge in [0.1, 0.15) is 36.8 Å². The minimum atomic E-state index is -4.61. The zero-order valence-electron chi connectivity index (χ0n) is 38.2. The molecule has 0 aliphatic carbocycles. The maximum atomic E-state index is 12.8. The smallest absolute Gasteiger partial charge is 0.306 e. The molecule has 12 nitrogen and oxygen atoms in total. The molecule has 0 aromatic carbocycles. The van der Waals surface area contributed by atoms with Gasteiger partial charge in [-0.25, -0.2) is 0 Å². The summed E-state index contributed by atoms with van der Waals surface area (Å²) in [4.78, 5) is 25.4. The van der Waals surface area contributed by atoms with Gasteiger partial charge in [-0.1, -0.05) is 203 Å². The fraction of sp³-hybridized carbons (Fsp3) is 0.755. The van der Waals surface area contributed by atoms with Crippen molar-refractivity contribution in [1.29, 1.82) is 0 Å². The summed E-state index contributed by atoms with van der Waals surface area (Å²) in [5, 5.41) is 30.9. The van der Waals surface area contributed by atoms with Crippen LogP contribution in [0.2, 0.25) is 0 Å². The lowest BCUT2D eigenvalue weighted by atomic mass is 10.00. The standard InChI is InChI=1S/C49H84O12S/c1-3-5-7-9-11-13-15-17-18-19-20-21-22-23-24-26-27-29-31-33-35-37-44(50)58-39-42(40-59-49-48(54)47(53)46(52)43(61-49)41-62(55,56)57)60-45(51)38-36-34-32-30-28-25-16-14-12-10-8-6-4-2/h6,8,10,12,14,16,25,28,30,32,42-43,46-49,52-54H,3-5,7,9,11,13,15,17-24,26-27,29,31,33-41H2,1-2H3,(H,55,56,57)/b8-6+,12-10+,16-14+,28-25+,32-30+/t42?,43-,46-,47?,48?,49+/m1/s1. The van der Waals surface area contributed by atoms with Gasteiger partial charge in [-0.15, -0.1) is 0 Å². The number of aliphatic hydroxyl groups excluding tert-OH is 3. The zero-order valence-corrected chi connectivity index (χ0v) is 39.0. The number of allylic oxidation sites excluding steroid dienone is 10. The van der Waals surface area contributed by atoms with Crippen molar-refractivity contribution in [2.45, 2.75) is 218 Å². The van der Waals surface area contributed by atoms with E-state index in [9.17, 15) is 37.9 Å². The first-order valence-corrected chi connectivity index (χ1v) is 25.5. The van der Waals surface area contributed by atoms with Gasteiger partial charge < -0.3 is 34.3 Å². The third-order valence-electron chi connectivity index (χ3n) is 10.7. The van der Waals surface area contributed by atoms with Gasteiger partial charge in [-0.2, -0.15) is 8.42 Å². The van der Waals surface area contributed by atoms with Gasteiger partial charge in [0, 0.05) is 12.8 Å². The molecule has 4 N–H and O–H groups in total. The SMILES string of the molecule is CC/C=C/C=C/C=C/C=C/C=C/CCCC(=O)OC(COC(=O)CCCCCCCCCCCCCCCCCCCCCCC)CO[C@H]1O[C@H](CS(=O)(=O)O)[C@@H](O)C(O)C1O. The van der Waals surface area contributed by atoms with E-state index in [-0.39, 0.29) is 19.4 Å². The lowest BCUT2D eigenvalue weighted by Crippen LogP contribution is -2.60. The molecule has 1 aliphatic heterocycles. The fourth-order valence-electron chi connectivity index (χ4n) is 7.06. The molecule has 358 valence electrons. The van der Waals surface area contributed by atoms with Crippen molar-refractivity contribution >= 4 is 22.1 Å². The Bertz CT molecular complexity index is 1370. The maximum Gasteiger partial charge on any atom is 0.306 e. The first kappa shape index (κ1) is 57.4. The lowest BCUT2D eigenvalue weighted by Gasteiger charge is -2.40. The number of hydrogen-bond acceptors (Lipinski definition) is 11. The van der Waals surface area contributed by atoms with Crippen molar-refractivity contribution < 1.29 is 56.8 Å². The van der Waals surface area contributed by atoms with E-state index in [0.717, 1.165) is 25.7 Å². The van der Waals surface area contributed by atoms with Crippen LogP contribution in [0.5, 0.6) is 0 Å². The second-order valence-electron chi connectivity index (χ2n) is 16.5. The molecule has 0 aromatic rings. The van der Waals surface area contributed by atoms with Crippen molar-refractivity contribution in [1.82, 2.24) is 0 Å². The molecule has 0 radical (unpaired) electrons. The van der Waals surface area contributed by atoms with Crippen molar-refractivity contribution in [2.24, 2.45) is 0 Å². The maximum absolute atomic E-state index is 12.8. The predicted molar refractivity (Wildman–Crippen MR) is 247 cm³/mol. The van der Waals surface area contributed by atoms with Gasteiger partial charge in [0.25, 0.3) is 10.1 Å². The quantitative estimate of drug-likeness (QED) is 0.0198. The number of rotatable bonds is 39. The Morgan fingerprint density at radius 2 is 1.02 bits per heavy atom. The van der Waals surface area contributed by atoms with Crippen LogP contribution in [0, 0.1) is 0 Å². The summed E-state index contributed by atoms with van der Waals surface area (Å²) in [6.45, 7) is 3.56. The number of carbonyl (C=O) groups excluding carboxylic acids is 2. The summed E-state index contributed by atoms with van der Waals surface area (Å²) in [6, 6.07) is 0. The van der Waals surface area contributed by atoms with Crippen LogP contribution >= 0.6 is 0 Å².